The van der Waals surface area contributed by atoms with E-state index >= 15 is 0 Å². The Labute approximate surface area is 189 Å². The van der Waals surface area contributed by atoms with Crippen molar-refractivity contribution >= 4 is 23.5 Å². The number of hydrogen-bond acceptors (Lipinski definition) is 6. The number of anilines is 2. The number of ether oxygens (including phenoxy) is 1. The molecular formula is C22H25FN6O4. The maximum absolute atomic E-state index is 13.2. The number of benzene rings is 1. The Hall–Kier alpha value is -3.65. The predicted octanol–water partition coefficient (Wildman–Crippen LogP) is 2.72. The van der Waals surface area contributed by atoms with Gasteiger partial charge in [0.2, 0.25) is 0 Å². The number of amides is 2. The van der Waals surface area contributed by atoms with Gasteiger partial charge in [0.1, 0.15) is 11.4 Å². The number of primary amides is 1. The second kappa shape index (κ2) is 8.71. The minimum Gasteiger partial charge on any atom is -0.465 e. The first-order valence-corrected chi connectivity index (χ1v) is 10.6. The van der Waals surface area contributed by atoms with Gasteiger partial charge in [-0.1, -0.05) is 6.92 Å². The van der Waals surface area contributed by atoms with Gasteiger partial charge in [0.05, 0.1) is 37.3 Å². The lowest BCUT2D eigenvalue weighted by Crippen LogP contribution is -2.55. The zero-order valence-corrected chi connectivity index (χ0v) is 18.1. The molecular weight excluding hydrogens is 431 g/mol. The van der Waals surface area contributed by atoms with Crippen LogP contribution in [0.15, 0.2) is 30.5 Å². The number of carboxylic acid groups (broad SMARTS) is 1. The van der Waals surface area contributed by atoms with Gasteiger partial charge in [-0.3, -0.25) is 9.48 Å². The third-order valence-electron chi connectivity index (χ3n) is 6.34. The van der Waals surface area contributed by atoms with Crippen LogP contribution in [0.4, 0.5) is 20.7 Å². The quantitative estimate of drug-likeness (QED) is 0.605. The molecule has 0 bridgehead atoms. The van der Waals surface area contributed by atoms with Crippen LogP contribution in [0.1, 0.15) is 36.2 Å². The van der Waals surface area contributed by atoms with Crippen LogP contribution in [0.5, 0.6) is 0 Å². The van der Waals surface area contributed by atoms with Crippen molar-refractivity contribution in [2.75, 3.05) is 25.1 Å². The predicted molar refractivity (Wildman–Crippen MR) is 115 cm³/mol. The summed E-state index contributed by atoms with van der Waals surface area (Å²) >= 11 is 0. The molecule has 11 heteroatoms. The summed E-state index contributed by atoms with van der Waals surface area (Å²) < 4.78 is 20.1. The number of halogens is 1. The van der Waals surface area contributed by atoms with Crippen LogP contribution in [0.25, 0.3) is 0 Å². The van der Waals surface area contributed by atoms with Crippen molar-refractivity contribution in [3.05, 3.63) is 41.8 Å². The molecule has 174 valence electrons. The fourth-order valence-electron chi connectivity index (χ4n) is 4.59. The Morgan fingerprint density at radius 2 is 2.09 bits per heavy atom. The lowest BCUT2D eigenvalue weighted by atomic mass is 9.74. The Morgan fingerprint density at radius 3 is 2.64 bits per heavy atom. The number of piperidine rings is 1. The summed E-state index contributed by atoms with van der Waals surface area (Å²) in [5.41, 5.74) is 5.97. The van der Waals surface area contributed by atoms with E-state index < -0.39 is 35.8 Å². The summed E-state index contributed by atoms with van der Waals surface area (Å²) in [7, 11) is 0. The van der Waals surface area contributed by atoms with Crippen LogP contribution in [0.3, 0.4) is 0 Å². The van der Waals surface area contributed by atoms with E-state index in [2.05, 4.69) is 16.5 Å². The molecule has 4 rings (SSSR count). The highest BCUT2D eigenvalue weighted by Crippen LogP contribution is 2.41. The van der Waals surface area contributed by atoms with E-state index in [0.717, 1.165) is 0 Å². The van der Waals surface area contributed by atoms with E-state index in [1.807, 2.05) is 6.92 Å². The molecule has 1 aromatic carbocycles. The number of nitrogens with two attached hydrogens (primary N) is 1. The van der Waals surface area contributed by atoms with Crippen molar-refractivity contribution in [2.45, 2.75) is 31.8 Å². The molecule has 33 heavy (non-hydrogen) atoms. The Morgan fingerprint density at radius 1 is 1.39 bits per heavy atom. The first-order valence-electron chi connectivity index (χ1n) is 10.6. The zero-order valence-electron chi connectivity index (χ0n) is 18.1. The van der Waals surface area contributed by atoms with Crippen LogP contribution >= 0.6 is 0 Å². The molecule has 2 aliphatic rings. The van der Waals surface area contributed by atoms with Crippen molar-refractivity contribution in [1.29, 1.82) is 5.26 Å². The number of carbonyl (C=O) groups is 2. The van der Waals surface area contributed by atoms with Gasteiger partial charge in [0.25, 0.3) is 5.91 Å². The van der Waals surface area contributed by atoms with Gasteiger partial charge in [-0.25, -0.2) is 9.18 Å². The van der Waals surface area contributed by atoms with Crippen molar-refractivity contribution in [3.8, 4) is 6.07 Å². The van der Waals surface area contributed by atoms with Gasteiger partial charge in [-0.15, -0.1) is 0 Å². The van der Waals surface area contributed by atoms with E-state index in [0.29, 0.717) is 31.7 Å². The molecule has 1 aromatic heterocycles. The number of rotatable bonds is 6. The molecule has 0 spiro atoms. The van der Waals surface area contributed by atoms with Crippen LogP contribution in [0.2, 0.25) is 0 Å². The van der Waals surface area contributed by atoms with Crippen molar-refractivity contribution in [2.24, 2.45) is 17.1 Å². The van der Waals surface area contributed by atoms with E-state index in [4.69, 9.17) is 10.5 Å². The zero-order chi connectivity index (χ0) is 23.8. The highest BCUT2D eigenvalue weighted by atomic mass is 19.1. The Kier molecular flexibility index (Phi) is 5.95. The van der Waals surface area contributed by atoms with Crippen LogP contribution in [-0.2, 0) is 4.74 Å². The summed E-state index contributed by atoms with van der Waals surface area (Å²) in [6.45, 7) is 3.27. The highest BCUT2D eigenvalue weighted by molar-refractivity contribution is 5.98. The fraction of sp³-hybridized carbons (Fsp3) is 0.455. The van der Waals surface area contributed by atoms with E-state index in [9.17, 15) is 24.3 Å². The number of nitrogens with zero attached hydrogens (tertiary/aromatic N) is 4. The van der Waals surface area contributed by atoms with Crippen LogP contribution in [-0.4, -0.2) is 57.6 Å². The smallest absolute Gasteiger partial charge is 0.407 e. The van der Waals surface area contributed by atoms with Gasteiger partial charge in [-0.05, 0) is 37.1 Å². The first-order chi connectivity index (χ1) is 15.7. The summed E-state index contributed by atoms with van der Waals surface area (Å²) in [5.74, 6) is -1.62. The number of hydrogen-bond donors (Lipinski definition) is 3. The molecule has 2 aromatic rings. The maximum atomic E-state index is 13.2. The van der Waals surface area contributed by atoms with Crippen molar-refractivity contribution in [3.63, 3.8) is 0 Å². The van der Waals surface area contributed by atoms with Gasteiger partial charge < -0.3 is 25.8 Å². The van der Waals surface area contributed by atoms with Gasteiger partial charge in [-0.2, -0.15) is 10.4 Å². The standard InChI is InChI=1S/C22H25FN6O4/c1-22(11-33-12-22)8-18-15(9-24)17(6-7-28(18)21(31)32)29-10-16(19(25)30)20(27-29)26-14-4-2-13(23)3-5-14/h2-5,10,15,17-18H,6-8,11-12H2,1H3,(H2,25,30)(H,26,27)(H,31,32)/t15-,17-,18?/m0/s1. The van der Waals surface area contributed by atoms with Crippen molar-refractivity contribution in [1.82, 2.24) is 14.7 Å². The average Bonchev–Trinajstić information content (AvgIpc) is 3.17. The number of nitrogens with one attached hydrogen (secondary N) is 1. The Balaban J connectivity index is 1.65. The molecule has 0 saturated carbocycles. The van der Waals surface area contributed by atoms with Gasteiger partial charge in [0.15, 0.2) is 5.82 Å². The van der Waals surface area contributed by atoms with Gasteiger partial charge in [0, 0.05) is 23.8 Å². The second-order valence-corrected chi connectivity index (χ2v) is 8.93. The largest absolute Gasteiger partial charge is 0.465 e. The Bertz CT molecular complexity index is 1090. The topological polar surface area (TPSA) is 146 Å². The fourth-order valence-corrected chi connectivity index (χ4v) is 4.59. The SMILES string of the molecule is CC1(CC2[C@@H](C#N)[C@@H](n3cc(C(N)=O)c(Nc4ccc(F)cc4)n3)CCN2C(=O)O)COC1. The second-order valence-electron chi connectivity index (χ2n) is 8.93. The van der Waals surface area contributed by atoms with Crippen LogP contribution in [0, 0.1) is 28.5 Å². The van der Waals surface area contributed by atoms with Gasteiger partial charge >= 0.3 is 6.09 Å². The summed E-state index contributed by atoms with van der Waals surface area (Å²) in [6, 6.07) is 6.82. The normalized spacial score (nSPS) is 23.9. The minimum atomic E-state index is -1.07. The monoisotopic (exact) mass is 456 g/mol. The first kappa shape index (κ1) is 22.5. The molecule has 2 aliphatic heterocycles. The summed E-state index contributed by atoms with van der Waals surface area (Å²) in [4.78, 5) is 25.3. The number of nitriles is 1. The molecule has 0 aliphatic carbocycles. The van der Waals surface area contributed by atoms with Crippen molar-refractivity contribution < 1.29 is 23.8 Å². The lowest BCUT2D eigenvalue weighted by Gasteiger charge is -2.47. The number of likely N-dealkylation sites (tertiary alicyclic amines) is 1. The molecule has 2 amide bonds. The number of carbonyl (C=O) groups excluding carboxylic acids is 1. The van der Waals surface area contributed by atoms with E-state index in [1.54, 1.807) is 0 Å². The molecule has 2 saturated heterocycles. The summed E-state index contributed by atoms with van der Waals surface area (Å²) in [6.07, 6.45) is 1.24. The highest BCUT2D eigenvalue weighted by Gasteiger charge is 2.47. The molecule has 3 atom stereocenters. The van der Waals surface area contributed by atoms with E-state index in [1.165, 1.54) is 40.0 Å². The third kappa shape index (κ3) is 4.47. The van der Waals surface area contributed by atoms with Crippen LogP contribution < -0.4 is 11.1 Å². The molecule has 1 unspecified atom stereocenters. The molecule has 4 N–H and O–H groups in total. The minimum absolute atomic E-state index is 0.118. The third-order valence-corrected chi connectivity index (χ3v) is 6.34. The molecule has 2 fully saturated rings. The molecule has 3 heterocycles. The maximum Gasteiger partial charge on any atom is 0.407 e. The molecule has 10 nitrogen and oxygen atoms in total. The molecule has 0 radical (unpaired) electrons. The van der Waals surface area contributed by atoms with E-state index in [-0.39, 0.29) is 23.3 Å². The summed E-state index contributed by atoms with van der Waals surface area (Å²) in [5, 5.41) is 27.2. The average molecular weight is 456 g/mol. The number of aromatic nitrogens is 2. The lowest BCUT2D eigenvalue weighted by molar-refractivity contribution is -0.120.